The molecule has 2 rings (SSSR count). The summed E-state index contributed by atoms with van der Waals surface area (Å²) in [5.41, 5.74) is 1.49. The van der Waals surface area contributed by atoms with E-state index in [-0.39, 0.29) is 17.6 Å². The van der Waals surface area contributed by atoms with Crippen LogP contribution in [0.5, 0.6) is 11.5 Å². The first kappa shape index (κ1) is 19.0. The molecule has 7 nitrogen and oxygen atoms in total. The van der Waals surface area contributed by atoms with Crippen molar-refractivity contribution in [2.45, 2.75) is 13.0 Å². The van der Waals surface area contributed by atoms with Crippen molar-refractivity contribution in [1.82, 2.24) is 5.32 Å². The van der Waals surface area contributed by atoms with Crippen molar-refractivity contribution in [3.8, 4) is 11.5 Å². The molecule has 7 heteroatoms. The van der Waals surface area contributed by atoms with E-state index in [9.17, 15) is 14.9 Å². The Labute approximate surface area is 151 Å². The Morgan fingerprint density at radius 1 is 1.15 bits per heavy atom. The number of nitrogens with one attached hydrogen (secondary N) is 1. The number of carbonyl (C=O) groups excluding carboxylic acids is 1. The van der Waals surface area contributed by atoms with Crippen LogP contribution in [0, 0.1) is 10.1 Å². The zero-order valence-corrected chi connectivity index (χ0v) is 14.8. The molecule has 2 aromatic carbocycles. The number of hydrogen-bond acceptors (Lipinski definition) is 5. The lowest BCUT2D eigenvalue weighted by atomic mass is 10.1. The van der Waals surface area contributed by atoms with E-state index in [2.05, 4.69) is 5.32 Å². The van der Waals surface area contributed by atoms with Gasteiger partial charge in [0.2, 0.25) is 5.91 Å². The number of benzene rings is 2. The second-order valence-electron chi connectivity index (χ2n) is 5.52. The fourth-order valence-corrected chi connectivity index (χ4v) is 2.40. The summed E-state index contributed by atoms with van der Waals surface area (Å²) >= 11 is 0. The number of rotatable bonds is 7. The summed E-state index contributed by atoms with van der Waals surface area (Å²) in [5.74, 6) is 1.03. The maximum Gasteiger partial charge on any atom is 0.269 e. The highest BCUT2D eigenvalue weighted by Crippen LogP contribution is 2.29. The number of nitro groups is 1. The third-order valence-corrected chi connectivity index (χ3v) is 3.79. The van der Waals surface area contributed by atoms with Gasteiger partial charge in [-0.3, -0.25) is 14.9 Å². The molecule has 0 aliphatic rings. The zero-order valence-electron chi connectivity index (χ0n) is 14.8. The van der Waals surface area contributed by atoms with Crippen LogP contribution in [0.2, 0.25) is 0 Å². The van der Waals surface area contributed by atoms with Gasteiger partial charge in [0.15, 0.2) is 0 Å². The number of non-ortho nitro benzene ring substituents is 1. The van der Waals surface area contributed by atoms with Gasteiger partial charge in [0, 0.05) is 23.8 Å². The Bertz CT molecular complexity index is 815. The van der Waals surface area contributed by atoms with Crippen LogP contribution in [0.4, 0.5) is 5.69 Å². The molecule has 0 radical (unpaired) electrons. The van der Waals surface area contributed by atoms with Crippen molar-refractivity contribution >= 4 is 17.7 Å². The molecule has 1 N–H and O–H groups in total. The molecule has 0 bridgehead atoms. The summed E-state index contributed by atoms with van der Waals surface area (Å²) in [6.07, 6.45) is 2.97. The molecule has 0 saturated carbocycles. The van der Waals surface area contributed by atoms with Gasteiger partial charge in [-0.25, -0.2) is 0 Å². The molecule has 0 fully saturated rings. The average molecular weight is 356 g/mol. The van der Waals surface area contributed by atoms with Crippen molar-refractivity contribution in [2.24, 2.45) is 0 Å². The second-order valence-corrected chi connectivity index (χ2v) is 5.52. The standard InChI is InChI=1S/C19H20N2O5/c1-13(17-12-16(25-2)9-10-18(17)26-3)20-19(22)11-6-14-4-7-15(8-5-14)21(23)24/h4-13H,1-3H3,(H,20,22)/b11-6+. The zero-order chi connectivity index (χ0) is 19.1. The minimum Gasteiger partial charge on any atom is -0.497 e. The van der Waals surface area contributed by atoms with Gasteiger partial charge in [-0.15, -0.1) is 0 Å². The van der Waals surface area contributed by atoms with Crippen LogP contribution >= 0.6 is 0 Å². The molecular weight excluding hydrogens is 336 g/mol. The normalized spacial score (nSPS) is 11.8. The van der Waals surface area contributed by atoms with Crippen molar-refractivity contribution in [3.63, 3.8) is 0 Å². The van der Waals surface area contributed by atoms with E-state index in [4.69, 9.17) is 9.47 Å². The maximum absolute atomic E-state index is 12.2. The number of ether oxygens (including phenoxy) is 2. The molecular formula is C19H20N2O5. The summed E-state index contributed by atoms with van der Waals surface area (Å²) in [6, 6.07) is 11.0. The molecule has 0 spiro atoms. The quantitative estimate of drug-likeness (QED) is 0.466. The van der Waals surface area contributed by atoms with Crippen LogP contribution in [-0.2, 0) is 4.79 Å². The van der Waals surface area contributed by atoms with Crippen molar-refractivity contribution in [2.75, 3.05) is 14.2 Å². The summed E-state index contributed by atoms with van der Waals surface area (Å²) in [5, 5.41) is 13.5. The molecule has 0 saturated heterocycles. The molecule has 26 heavy (non-hydrogen) atoms. The predicted molar refractivity (Wildman–Crippen MR) is 98.2 cm³/mol. The summed E-state index contributed by atoms with van der Waals surface area (Å²) in [6.45, 7) is 1.84. The van der Waals surface area contributed by atoms with Crippen LogP contribution in [0.25, 0.3) is 6.08 Å². The number of amides is 1. The van der Waals surface area contributed by atoms with Crippen LogP contribution in [0.15, 0.2) is 48.5 Å². The van der Waals surface area contributed by atoms with Crippen molar-refractivity contribution < 1.29 is 19.2 Å². The fourth-order valence-electron chi connectivity index (χ4n) is 2.40. The predicted octanol–water partition coefficient (Wildman–Crippen LogP) is 3.50. The first-order chi connectivity index (χ1) is 12.4. The Morgan fingerprint density at radius 2 is 1.85 bits per heavy atom. The van der Waals surface area contributed by atoms with E-state index in [1.54, 1.807) is 44.6 Å². The number of methoxy groups -OCH3 is 2. The highest BCUT2D eigenvalue weighted by Gasteiger charge is 2.14. The van der Waals surface area contributed by atoms with Crippen molar-refractivity contribution in [1.29, 1.82) is 0 Å². The molecule has 2 aromatic rings. The first-order valence-electron chi connectivity index (χ1n) is 7.89. The van der Waals surface area contributed by atoms with Crippen LogP contribution < -0.4 is 14.8 Å². The SMILES string of the molecule is COc1ccc(OC)c(C(C)NC(=O)/C=C/c2ccc([N+](=O)[O-])cc2)c1. The Hall–Kier alpha value is -3.35. The lowest BCUT2D eigenvalue weighted by Crippen LogP contribution is -2.25. The molecule has 1 amide bonds. The summed E-state index contributed by atoms with van der Waals surface area (Å²) in [7, 11) is 3.14. The Balaban J connectivity index is 2.06. The Morgan fingerprint density at radius 3 is 2.42 bits per heavy atom. The molecule has 0 aliphatic carbocycles. The molecule has 1 atom stereocenters. The number of nitro benzene ring substituents is 1. The number of hydrogen-bond donors (Lipinski definition) is 1. The summed E-state index contributed by atoms with van der Waals surface area (Å²) in [4.78, 5) is 22.3. The van der Waals surface area contributed by atoms with E-state index in [0.29, 0.717) is 17.1 Å². The van der Waals surface area contributed by atoms with E-state index < -0.39 is 4.92 Å². The second kappa shape index (κ2) is 8.66. The third-order valence-electron chi connectivity index (χ3n) is 3.79. The highest BCUT2D eigenvalue weighted by molar-refractivity contribution is 5.92. The fraction of sp³-hybridized carbons (Fsp3) is 0.211. The molecule has 1 unspecified atom stereocenters. The van der Waals surface area contributed by atoms with Gasteiger partial charge in [-0.1, -0.05) is 0 Å². The van der Waals surface area contributed by atoms with E-state index in [1.807, 2.05) is 13.0 Å². The number of carbonyl (C=O) groups is 1. The number of nitrogens with zero attached hydrogens (tertiary/aromatic N) is 1. The van der Waals surface area contributed by atoms with Gasteiger partial charge >= 0.3 is 0 Å². The molecule has 0 heterocycles. The third kappa shape index (κ3) is 4.83. The van der Waals surface area contributed by atoms with Gasteiger partial charge in [-0.05, 0) is 48.9 Å². The topological polar surface area (TPSA) is 90.7 Å². The molecule has 0 aliphatic heterocycles. The molecule has 136 valence electrons. The average Bonchev–Trinajstić information content (AvgIpc) is 2.66. The van der Waals surface area contributed by atoms with Gasteiger partial charge in [0.1, 0.15) is 11.5 Å². The van der Waals surface area contributed by atoms with Crippen LogP contribution in [0.3, 0.4) is 0 Å². The van der Waals surface area contributed by atoms with Gasteiger partial charge < -0.3 is 14.8 Å². The van der Waals surface area contributed by atoms with E-state index in [0.717, 1.165) is 5.56 Å². The first-order valence-corrected chi connectivity index (χ1v) is 7.89. The lowest BCUT2D eigenvalue weighted by Gasteiger charge is -2.17. The van der Waals surface area contributed by atoms with Gasteiger partial charge in [0.05, 0.1) is 25.2 Å². The minimum atomic E-state index is -0.469. The maximum atomic E-state index is 12.2. The van der Waals surface area contributed by atoms with E-state index >= 15 is 0 Å². The van der Waals surface area contributed by atoms with Crippen LogP contribution in [-0.4, -0.2) is 25.1 Å². The highest BCUT2D eigenvalue weighted by atomic mass is 16.6. The smallest absolute Gasteiger partial charge is 0.269 e. The largest absolute Gasteiger partial charge is 0.497 e. The van der Waals surface area contributed by atoms with Gasteiger partial charge in [-0.2, -0.15) is 0 Å². The summed E-state index contributed by atoms with van der Waals surface area (Å²) < 4.78 is 10.5. The van der Waals surface area contributed by atoms with Gasteiger partial charge in [0.25, 0.3) is 5.69 Å². The van der Waals surface area contributed by atoms with Crippen molar-refractivity contribution in [3.05, 3.63) is 69.8 Å². The monoisotopic (exact) mass is 356 g/mol. The Kier molecular flexibility index (Phi) is 6.32. The lowest BCUT2D eigenvalue weighted by molar-refractivity contribution is -0.384. The minimum absolute atomic E-state index is 0.00495. The van der Waals surface area contributed by atoms with E-state index in [1.165, 1.54) is 18.2 Å². The van der Waals surface area contributed by atoms with Crippen LogP contribution in [0.1, 0.15) is 24.1 Å². The molecule has 0 aromatic heterocycles.